The van der Waals surface area contributed by atoms with Crippen molar-refractivity contribution >= 4 is 26.7 Å². The van der Waals surface area contributed by atoms with Gasteiger partial charge in [0.2, 0.25) is 0 Å². The maximum atomic E-state index is 5.90. The molecule has 0 radical (unpaired) electrons. The number of nitrogens with zero attached hydrogens (tertiary/aromatic N) is 2. The molecule has 21 heavy (non-hydrogen) atoms. The quantitative estimate of drug-likeness (QED) is 0.668. The maximum absolute atomic E-state index is 5.90. The minimum atomic E-state index is 0.367. The van der Waals surface area contributed by atoms with Crippen molar-refractivity contribution in [1.29, 1.82) is 0 Å². The molecule has 0 aliphatic rings. The van der Waals surface area contributed by atoms with Crippen LogP contribution in [0.4, 0.5) is 0 Å². The minimum absolute atomic E-state index is 0.367. The van der Waals surface area contributed by atoms with Gasteiger partial charge in [-0.2, -0.15) is 5.10 Å². The topological polar surface area (TPSA) is 27.1 Å². The van der Waals surface area contributed by atoms with Gasteiger partial charge >= 0.3 is 0 Å². The Morgan fingerprint density at radius 1 is 1.14 bits per heavy atom. The standard InChI is InChI=1S/C17H17BrN2O/c1-12(2)20-10-9-14(19-20)11-21-16-8-7-13-5-3-4-6-15(13)17(16)18/h3-10,12H,11H2,1-2H3. The van der Waals surface area contributed by atoms with E-state index in [2.05, 4.69) is 53.1 Å². The van der Waals surface area contributed by atoms with Crippen LogP contribution in [0.15, 0.2) is 53.1 Å². The summed E-state index contributed by atoms with van der Waals surface area (Å²) in [5, 5.41) is 6.84. The predicted molar refractivity (Wildman–Crippen MR) is 88.6 cm³/mol. The van der Waals surface area contributed by atoms with E-state index in [9.17, 15) is 0 Å². The van der Waals surface area contributed by atoms with E-state index in [0.29, 0.717) is 12.6 Å². The Balaban J connectivity index is 1.80. The van der Waals surface area contributed by atoms with Gasteiger partial charge in [-0.1, -0.05) is 30.3 Å². The molecule has 0 spiro atoms. The molecule has 1 heterocycles. The molecule has 3 aromatic rings. The molecule has 0 amide bonds. The van der Waals surface area contributed by atoms with Crippen molar-refractivity contribution in [3.05, 3.63) is 58.8 Å². The molecule has 0 fully saturated rings. The first-order valence-corrected chi connectivity index (χ1v) is 7.78. The number of ether oxygens (including phenoxy) is 1. The van der Waals surface area contributed by atoms with Crippen LogP contribution in [-0.4, -0.2) is 9.78 Å². The Morgan fingerprint density at radius 3 is 2.71 bits per heavy atom. The Bertz CT molecular complexity index is 764. The number of rotatable bonds is 4. The average Bonchev–Trinajstić information content (AvgIpc) is 2.96. The molecular formula is C17H17BrN2O. The van der Waals surface area contributed by atoms with Gasteiger partial charge in [0.15, 0.2) is 0 Å². The zero-order chi connectivity index (χ0) is 14.8. The summed E-state index contributed by atoms with van der Waals surface area (Å²) in [6, 6.07) is 14.7. The SMILES string of the molecule is CC(C)n1ccc(COc2ccc3ccccc3c2Br)n1. The van der Waals surface area contributed by atoms with E-state index >= 15 is 0 Å². The largest absolute Gasteiger partial charge is 0.486 e. The predicted octanol–water partition coefficient (Wildman–Crippen LogP) is 4.96. The van der Waals surface area contributed by atoms with Crippen LogP contribution in [0.3, 0.4) is 0 Å². The second-order valence-electron chi connectivity index (χ2n) is 5.27. The van der Waals surface area contributed by atoms with Crippen molar-refractivity contribution in [2.75, 3.05) is 0 Å². The first-order chi connectivity index (χ1) is 10.1. The number of halogens is 1. The highest BCUT2D eigenvalue weighted by Gasteiger charge is 2.08. The molecule has 0 bridgehead atoms. The zero-order valence-corrected chi connectivity index (χ0v) is 13.7. The molecule has 0 saturated carbocycles. The number of benzene rings is 2. The monoisotopic (exact) mass is 344 g/mol. The van der Waals surface area contributed by atoms with Gasteiger partial charge < -0.3 is 4.74 Å². The fourth-order valence-corrected chi connectivity index (χ4v) is 2.83. The lowest BCUT2D eigenvalue weighted by molar-refractivity contribution is 0.297. The van der Waals surface area contributed by atoms with E-state index < -0.39 is 0 Å². The summed E-state index contributed by atoms with van der Waals surface area (Å²) >= 11 is 3.63. The van der Waals surface area contributed by atoms with E-state index in [1.165, 1.54) is 5.39 Å². The molecule has 0 unspecified atom stereocenters. The molecule has 0 aliphatic carbocycles. The van der Waals surface area contributed by atoms with Crippen LogP contribution in [0.25, 0.3) is 10.8 Å². The van der Waals surface area contributed by atoms with E-state index in [-0.39, 0.29) is 0 Å². The Kier molecular flexibility index (Phi) is 3.97. The van der Waals surface area contributed by atoms with Crippen molar-refractivity contribution in [2.24, 2.45) is 0 Å². The van der Waals surface area contributed by atoms with Gasteiger partial charge in [0, 0.05) is 12.2 Å². The number of hydrogen-bond acceptors (Lipinski definition) is 2. The van der Waals surface area contributed by atoms with Crippen LogP contribution in [0, 0.1) is 0 Å². The van der Waals surface area contributed by atoms with Crippen molar-refractivity contribution < 1.29 is 4.74 Å². The summed E-state index contributed by atoms with van der Waals surface area (Å²) in [5.41, 5.74) is 0.934. The molecule has 0 N–H and O–H groups in total. The fourth-order valence-electron chi connectivity index (χ4n) is 2.22. The van der Waals surface area contributed by atoms with E-state index in [1.54, 1.807) is 0 Å². The first kappa shape index (κ1) is 14.1. The highest BCUT2D eigenvalue weighted by atomic mass is 79.9. The molecule has 0 saturated heterocycles. The summed E-state index contributed by atoms with van der Waals surface area (Å²) in [6.45, 7) is 4.69. The van der Waals surface area contributed by atoms with Gasteiger partial charge in [0.05, 0.1) is 10.2 Å². The van der Waals surface area contributed by atoms with Crippen LogP contribution < -0.4 is 4.74 Å². The smallest absolute Gasteiger partial charge is 0.134 e. The number of hydrogen-bond donors (Lipinski definition) is 0. The first-order valence-electron chi connectivity index (χ1n) is 6.99. The zero-order valence-electron chi connectivity index (χ0n) is 12.1. The lowest BCUT2D eigenvalue weighted by atomic mass is 10.1. The summed E-state index contributed by atoms with van der Waals surface area (Å²) in [4.78, 5) is 0. The maximum Gasteiger partial charge on any atom is 0.134 e. The average molecular weight is 345 g/mol. The summed E-state index contributed by atoms with van der Waals surface area (Å²) in [6.07, 6.45) is 1.98. The summed E-state index contributed by atoms with van der Waals surface area (Å²) in [7, 11) is 0. The van der Waals surface area contributed by atoms with Crippen molar-refractivity contribution in [3.63, 3.8) is 0 Å². The Labute approximate surface area is 132 Å². The van der Waals surface area contributed by atoms with Crippen LogP contribution in [0.5, 0.6) is 5.75 Å². The number of aromatic nitrogens is 2. The Hall–Kier alpha value is -1.81. The molecule has 3 nitrogen and oxygen atoms in total. The fraction of sp³-hybridized carbons (Fsp3) is 0.235. The van der Waals surface area contributed by atoms with Crippen LogP contribution in [0.2, 0.25) is 0 Å². The van der Waals surface area contributed by atoms with Gasteiger partial charge in [0.1, 0.15) is 12.4 Å². The van der Waals surface area contributed by atoms with Crippen molar-refractivity contribution in [1.82, 2.24) is 9.78 Å². The van der Waals surface area contributed by atoms with Gasteiger partial charge in [0.25, 0.3) is 0 Å². The normalized spacial score (nSPS) is 11.2. The molecule has 108 valence electrons. The summed E-state index contributed by atoms with van der Waals surface area (Å²) < 4.78 is 8.83. The van der Waals surface area contributed by atoms with Gasteiger partial charge in [-0.3, -0.25) is 4.68 Å². The Morgan fingerprint density at radius 2 is 1.95 bits per heavy atom. The molecule has 4 heteroatoms. The third-order valence-electron chi connectivity index (χ3n) is 3.40. The second kappa shape index (κ2) is 5.90. The lowest BCUT2D eigenvalue weighted by Gasteiger charge is -2.09. The van der Waals surface area contributed by atoms with Crippen LogP contribution in [-0.2, 0) is 6.61 Å². The van der Waals surface area contributed by atoms with Crippen molar-refractivity contribution in [2.45, 2.75) is 26.5 Å². The summed E-state index contributed by atoms with van der Waals surface area (Å²) in [5.74, 6) is 0.841. The van der Waals surface area contributed by atoms with Crippen molar-refractivity contribution in [3.8, 4) is 5.75 Å². The molecule has 3 rings (SSSR count). The lowest BCUT2D eigenvalue weighted by Crippen LogP contribution is -2.03. The van der Waals surface area contributed by atoms with Crippen LogP contribution in [0.1, 0.15) is 25.6 Å². The molecule has 0 atom stereocenters. The van der Waals surface area contributed by atoms with E-state index in [1.807, 2.05) is 35.1 Å². The van der Waals surface area contributed by atoms with E-state index in [0.717, 1.165) is 21.3 Å². The molecule has 1 aromatic heterocycles. The molecule has 0 aliphatic heterocycles. The third kappa shape index (κ3) is 2.95. The van der Waals surface area contributed by atoms with Gasteiger partial charge in [-0.25, -0.2) is 0 Å². The minimum Gasteiger partial charge on any atom is -0.486 e. The van der Waals surface area contributed by atoms with E-state index in [4.69, 9.17) is 4.74 Å². The molecule has 2 aromatic carbocycles. The van der Waals surface area contributed by atoms with Gasteiger partial charge in [-0.05, 0) is 52.7 Å². The van der Waals surface area contributed by atoms with Gasteiger partial charge in [-0.15, -0.1) is 0 Å². The second-order valence-corrected chi connectivity index (χ2v) is 6.06. The third-order valence-corrected chi connectivity index (χ3v) is 4.21. The highest BCUT2D eigenvalue weighted by Crippen LogP contribution is 2.33. The van der Waals surface area contributed by atoms with Crippen LogP contribution >= 0.6 is 15.9 Å². The highest BCUT2D eigenvalue weighted by molar-refractivity contribution is 9.10. The number of fused-ring (bicyclic) bond motifs is 1. The molecular weight excluding hydrogens is 328 g/mol.